The van der Waals surface area contributed by atoms with E-state index in [9.17, 15) is 4.79 Å². The summed E-state index contributed by atoms with van der Waals surface area (Å²) in [6.45, 7) is 4.56. The summed E-state index contributed by atoms with van der Waals surface area (Å²) in [7, 11) is 0. The van der Waals surface area contributed by atoms with E-state index in [1.54, 1.807) is 0 Å². The van der Waals surface area contributed by atoms with Crippen LogP contribution in [0.2, 0.25) is 0 Å². The lowest BCUT2D eigenvalue weighted by atomic mass is 9.74. The first-order chi connectivity index (χ1) is 8.66. The van der Waals surface area contributed by atoms with Crippen molar-refractivity contribution in [3.05, 3.63) is 30.1 Å². The molecule has 1 aliphatic rings. The molecular formula is C16H23NO. The molecule has 0 aromatic carbocycles. The molecule has 0 radical (unpaired) electrons. The van der Waals surface area contributed by atoms with Crippen LogP contribution in [0, 0.1) is 17.8 Å². The van der Waals surface area contributed by atoms with Gasteiger partial charge in [0.15, 0.2) is 0 Å². The molecule has 1 heterocycles. The molecule has 1 fully saturated rings. The van der Waals surface area contributed by atoms with Gasteiger partial charge in [-0.15, -0.1) is 0 Å². The van der Waals surface area contributed by atoms with E-state index in [0.717, 1.165) is 38.0 Å². The Morgan fingerprint density at radius 2 is 2.06 bits per heavy atom. The van der Waals surface area contributed by atoms with Crippen molar-refractivity contribution >= 4 is 5.78 Å². The highest BCUT2D eigenvalue weighted by atomic mass is 16.1. The van der Waals surface area contributed by atoms with Crippen molar-refractivity contribution in [1.82, 2.24) is 4.98 Å². The van der Waals surface area contributed by atoms with Gasteiger partial charge in [-0.3, -0.25) is 9.78 Å². The van der Waals surface area contributed by atoms with Crippen LogP contribution in [0.15, 0.2) is 24.5 Å². The molecule has 0 bridgehead atoms. The zero-order valence-corrected chi connectivity index (χ0v) is 11.4. The summed E-state index contributed by atoms with van der Waals surface area (Å²) in [6, 6.07) is 4.10. The van der Waals surface area contributed by atoms with Crippen molar-refractivity contribution in [2.75, 3.05) is 0 Å². The second-order valence-corrected chi connectivity index (χ2v) is 5.84. The van der Waals surface area contributed by atoms with Crippen LogP contribution in [0.1, 0.15) is 45.1 Å². The van der Waals surface area contributed by atoms with Gasteiger partial charge in [0, 0.05) is 24.7 Å². The molecule has 0 spiro atoms. The van der Waals surface area contributed by atoms with Crippen LogP contribution >= 0.6 is 0 Å². The average Bonchev–Trinajstić information content (AvgIpc) is 2.38. The van der Waals surface area contributed by atoms with E-state index in [1.165, 1.54) is 5.56 Å². The number of nitrogens with zero attached hydrogens (tertiary/aromatic N) is 1. The van der Waals surface area contributed by atoms with Crippen molar-refractivity contribution in [3.8, 4) is 0 Å². The summed E-state index contributed by atoms with van der Waals surface area (Å²) in [5, 5.41) is 0. The Hall–Kier alpha value is -1.18. The first-order valence-electron chi connectivity index (χ1n) is 7.08. The second-order valence-electron chi connectivity index (χ2n) is 5.84. The van der Waals surface area contributed by atoms with Crippen LogP contribution in [0.3, 0.4) is 0 Å². The number of aryl methyl sites for hydroxylation is 1. The molecule has 0 saturated heterocycles. The van der Waals surface area contributed by atoms with Crippen molar-refractivity contribution in [3.63, 3.8) is 0 Å². The van der Waals surface area contributed by atoms with E-state index < -0.39 is 0 Å². The lowest BCUT2D eigenvalue weighted by molar-refractivity contribution is -0.126. The fourth-order valence-corrected chi connectivity index (χ4v) is 2.92. The number of Topliss-reactive ketones (excluding diaryl/α,β-unsaturated/α-hetero) is 1. The number of pyridine rings is 1. The summed E-state index contributed by atoms with van der Waals surface area (Å²) in [5.41, 5.74) is 1.30. The van der Waals surface area contributed by atoms with Crippen molar-refractivity contribution in [1.29, 1.82) is 0 Å². The third-order valence-corrected chi connectivity index (χ3v) is 4.28. The summed E-state index contributed by atoms with van der Waals surface area (Å²) in [6.07, 6.45) is 8.66. The fourth-order valence-electron chi connectivity index (χ4n) is 2.92. The van der Waals surface area contributed by atoms with Crippen LogP contribution < -0.4 is 0 Å². The second kappa shape index (κ2) is 6.12. The highest BCUT2D eigenvalue weighted by molar-refractivity contribution is 5.81. The number of carbonyl (C=O) groups excluding carboxylic acids is 1. The zero-order valence-electron chi connectivity index (χ0n) is 11.4. The van der Waals surface area contributed by atoms with E-state index >= 15 is 0 Å². The summed E-state index contributed by atoms with van der Waals surface area (Å²) in [4.78, 5) is 16.0. The van der Waals surface area contributed by atoms with Crippen molar-refractivity contribution in [2.24, 2.45) is 17.8 Å². The number of rotatable bonds is 4. The van der Waals surface area contributed by atoms with Crippen molar-refractivity contribution < 1.29 is 4.79 Å². The molecule has 98 valence electrons. The summed E-state index contributed by atoms with van der Waals surface area (Å²) < 4.78 is 0. The Kier molecular flexibility index (Phi) is 4.51. The van der Waals surface area contributed by atoms with Gasteiger partial charge in [-0.05, 0) is 55.2 Å². The molecule has 0 amide bonds. The Morgan fingerprint density at radius 3 is 2.72 bits per heavy atom. The zero-order chi connectivity index (χ0) is 13.0. The van der Waals surface area contributed by atoms with Gasteiger partial charge in [-0.25, -0.2) is 0 Å². The van der Waals surface area contributed by atoms with Gasteiger partial charge in [0.05, 0.1) is 0 Å². The SMILES string of the molecule is CC(C)C1CCC(=O)C(CCc2ccncc2)C1. The van der Waals surface area contributed by atoms with Crippen LogP contribution in [0.25, 0.3) is 0 Å². The van der Waals surface area contributed by atoms with Crippen LogP contribution in [-0.4, -0.2) is 10.8 Å². The number of carbonyl (C=O) groups is 1. The Balaban J connectivity index is 1.89. The molecule has 1 saturated carbocycles. The molecule has 1 aromatic heterocycles. The van der Waals surface area contributed by atoms with Gasteiger partial charge in [0.25, 0.3) is 0 Å². The molecule has 0 N–H and O–H groups in total. The maximum atomic E-state index is 12.0. The minimum absolute atomic E-state index is 0.291. The van der Waals surface area contributed by atoms with E-state index in [1.807, 2.05) is 24.5 Å². The smallest absolute Gasteiger partial charge is 0.136 e. The average molecular weight is 245 g/mol. The standard InChI is InChI=1S/C16H23NO/c1-12(2)14-5-6-16(18)15(11-14)4-3-13-7-9-17-10-8-13/h7-10,12,14-15H,3-6,11H2,1-2H3. The molecule has 1 aliphatic carbocycles. The largest absolute Gasteiger partial charge is 0.299 e. The van der Waals surface area contributed by atoms with E-state index in [2.05, 4.69) is 18.8 Å². The predicted octanol–water partition coefficient (Wildman–Crippen LogP) is 3.66. The third-order valence-electron chi connectivity index (χ3n) is 4.28. The molecule has 2 rings (SSSR count). The number of aromatic nitrogens is 1. The number of hydrogen-bond donors (Lipinski definition) is 0. The first kappa shape index (κ1) is 13.3. The number of ketones is 1. The monoisotopic (exact) mass is 245 g/mol. The quantitative estimate of drug-likeness (QED) is 0.810. The van der Waals surface area contributed by atoms with Gasteiger partial charge >= 0.3 is 0 Å². The lowest BCUT2D eigenvalue weighted by Gasteiger charge is -2.30. The maximum absolute atomic E-state index is 12.0. The molecule has 2 atom stereocenters. The number of hydrogen-bond acceptors (Lipinski definition) is 2. The topological polar surface area (TPSA) is 30.0 Å². The van der Waals surface area contributed by atoms with Crippen LogP contribution in [0.4, 0.5) is 0 Å². The first-order valence-corrected chi connectivity index (χ1v) is 7.08. The van der Waals surface area contributed by atoms with Crippen molar-refractivity contribution in [2.45, 2.75) is 46.0 Å². The fraction of sp³-hybridized carbons (Fsp3) is 0.625. The molecular weight excluding hydrogens is 222 g/mol. The summed E-state index contributed by atoms with van der Waals surface area (Å²) in [5.74, 6) is 2.23. The molecule has 1 aromatic rings. The Morgan fingerprint density at radius 1 is 1.33 bits per heavy atom. The highest BCUT2D eigenvalue weighted by Gasteiger charge is 2.29. The molecule has 2 nitrogen and oxygen atoms in total. The Bertz CT molecular complexity index is 385. The van der Waals surface area contributed by atoms with E-state index in [4.69, 9.17) is 0 Å². The predicted molar refractivity (Wildman–Crippen MR) is 73.2 cm³/mol. The van der Waals surface area contributed by atoms with Gasteiger partial charge < -0.3 is 0 Å². The highest BCUT2D eigenvalue weighted by Crippen LogP contribution is 2.33. The molecule has 2 heteroatoms. The van der Waals surface area contributed by atoms with Gasteiger partial charge in [0.2, 0.25) is 0 Å². The Labute approximate surface area is 110 Å². The van der Waals surface area contributed by atoms with Gasteiger partial charge in [-0.2, -0.15) is 0 Å². The molecule has 2 unspecified atom stereocenters. The normalized spacial score (nSPS) is 24.5. The lowest BCUT2D eigenvalue weighted by Crippen LogP contribution is -2.27. The minimum atomic E-state index is 0.291. The third kappa shape index (κ3) is 3.41. The van der Waals surface area contributed by atoms with Gasteiger partial charge in [-0.1, -0.05) is 13.8 Å². The van der Waals surface area contributed by atoms with E-state index in [-0.39, 0.29) is 0 Å². The van der Waals surface area contributed by atoms with E-state index in [0.29, 0.717) is 17.6 Å². The van der Waals surface area contributed by atoms with Crippen LogP contribution in [0.5, 0.6) is 0 Å². The molecule has 0 aliphatic heterocycles. The minimum Gasteiger partial charge on any atom is -0.299 e. The van der Waals surface area contributed by atoms with Crippen LogP contribution in [-0.2, 0) is 11.2 Å². The molecule has 18 heavy (non-hydrogen) atoms. The van der Waals surface area contributed by atoms with Gasteiger partial charge in [0.1, 0.15) is 5.78 Å². The summed E-state index contributed by atoms with van der Waals surface area (Å²) >= 11 is 0. The maximum Gasteiger partial charge on any atom is 0.136 e.